The Morgan fingerprint density at radius 1 is 1.15 bits per heavy atom. The molecule has 0 heterocycles. The smallest absolute Gasteiger partial charge is 0 e. The van der Waals surface area contributed by atoms with Crippen LogP contribution in [0.3, 0.4) is 0 Å². The zero-order chi connectivity index (χ0) is 15.9. The quantitative estimate of drug-likeness (QED) is 0.322. The summed E-state index contributed by atoms with van der Waals surface area (Å²) in [5, 5.41) is 0. The molecule has 0 unspecified atom stereocenters. The van der Waals surface area contributed by atoms with Gasteiger partial charge in [0.25, 0.3) is 0 Å². The summed E-state index contributed by atoms with van der Waals surface area (Å²) in [6, 6.07) is 0. The maximum absolute atomic E-state index is 11.4. The van der Waals surface area contributed by atoms with E-state index in [4.69, 9.17) is 18.7 Å². The van der Waals surface area contributed by atoms with E-state index in [0.717, 1.165) is 18.6 Å². The van der Waals surface area contributed by atoms with E-state index in [-0.39, 0.29) is 23.0 Å². The van der Waals surface area contributed by atoms with E-state index in [1.54, 1.807) is 0 Å². The van der Waals surface area contributed by atoms with E-state index < -0.39 is 5.41 Å². The van der Waals surface area contributed by atoms with Crippen LogP contribution in [0.5, 0.6) is 0 Å². The summed E-state index contributed by atoms with van der Waals surface area (Å²) in [7, 11) is 0. The molecule has 0 aromatic rings. The minimum absolute atomic E-state index is 0. The van der Waals surface area contributed by atoms with E-state index in [1.807, 2.05) is 32.9 Å². The van der Waals surface area contributed by atoms with Crippen LogP contribution in [0.1, 0.15) is 33.6 Å². The molecule has 110 valence electrons. The van der Waals surface area contributed by atoms with Crippen molar-refractivity contribution >= 4 is 5.97 Å². The molecular formula is C14H16FeO5. The van der Waals surface area contributed by atoms with Gasteiger partial charge >= 0.3 is 39.9 Å². The van der Waals surface area contributed by atoms with E-state index in [1.165, 1.54) is 0 Å². The molecule has 0 aliphatic heterocycles. The molecule has 6 heteroatoms. The molecule has 1 aliphatic rings. The summed E-state index contributed by atoms with van der Waals surface area (Å²) in [4.78, 5) is 11.4. The second-order valence-corrected chi connectivity index (χ2v) is 4.24. The minimum atomic E-state index is -0.415. The Morgan fingerprint density at radius 3 is 1.90 bits per heavy atom. The van der Waals surface area contributed by atoms with E-state index in [0.29, 0.717) is 0 Å². The standard InChI is InChI=1S/C11H16O2.3CO.Fe/c1-11(2,3)10(12)13-9-7-5-4-6-8-9;3*1-2;/h4-5,7H,6,8H2,1-3H3;;;;. The number of hydrogen-bond donors (Lipinski definition) is 0. The molecule has 0 aromatic carbocycles. The topological polar surface area (TPSA) is 86.0 Å². The number of carbonyl (C=O) groups is 1. The first-order valence-corrected chi connectivity index (χ1v) is 5.19. The second-order valence-electron chi connectivity index (χ2n) is 4.24. The Bertz CT molecular complexity index is 355. The molecule has 0 N–H and O–H groups in total. The fourth-order valence-electron chi connectivity index (χ4n) is 0.938. The number of ether oxygens (including phenoxy) is 1. The maximum atomic E-state index is 11.4. The summed E-state index contributed by atoms with van der Waals surface area (Å²) in [5.41, 5.74) is -0.415. The van der Waals surface area contributed by atoms with Crippen LogP contribution in [0.2, 0.25) is 0 Å². The van der Waals surface area contributed by atoms with E-state index in [2.05, 4.69) is 26.0 Å². The first-order chi connectivity index (χ1) is 9.00. The normalized spacial score (nSPS) is 11.2. The molecule has 0 amide bonds. The van der Waals surface area contributed by atoms with E-state index in [9.17, 15) is 4.79 Å². The van der Waals surface area contributed by atoms with Crippen LogP contribution in [0.25, 0.3) is 0 Å². The van der Waals surface area contributed by atoms with Crippen molar-refractivity contribution in [2.45, 2.75) is 33.6 Å². The molecular weight excluding hydrogens is 304 g/mol. The predicted octanol–water partition coefficient (Wildman–Crippen LogP) is 2.69. The average molecular weight is 320 g/mol. The third kappa shape index (κ3) is 14.7. The monoisotopic (exact) mass is 320 g/mol. The van der Waals surface area contributed by atoms with Crippen molar-refractivity contribution in [1.82, 2.24) is 0 Å². The molecule has 0 spiro atoms. The Morgan fingerprint density at radius 2 is 1.60 bits per heavy atom. The van der Waals surface area contributed by atoms with Crippen molar-refractivity contribution in [2.24, 2.45) is 5.41 Å². The van der Waals surface area contributed by atoms with Crippen molar-refractivity contribution in [2.75, 3.05) is 0 Å². The molecule has 0 bridgehead atoms. The molecule has 1 rings (SSSR count). The number of hydrogen-bond acceptors (Lipinski definition) is 2. The Balaban J connectivity index is -0.000000162. The molecule has 1 aliphatic carbocycles. The van der Waals surface area contributed by atoms with Crippen molar-refractivity contribution in [3.8, 4) is 0 Å². The SMILES string of the molecule is CC(C)(C)C(=O)OC1=CC=CCC1.[C-]#[O+].[C-]#[O+].[C-]#[O+].[Fe]. The zero-order valence-electron chi connectivity index (χ0n) is 11.5. The number of carbonyl (C=O) groups excluding carboxylic acids is 1. The van der Waals surface area contributed by atoms with Gasteiger partial charge in [-0.1, -0.05) is 12.2 Å². The first-order valence-electron chi connectivity index (χ1n) is 5.19. The molecule has 0 aromatic heterocycles. The molecule has 0 atom stereocenters. The van der Waals surface area contributed by atoms with Gasteiger partial charge in [-0.15, -0.1) is 0 Å². The number of esters is 1. The molecule has 0 radical (unpaired) electrons. The molecule has 0 saturated carbocycles. The van der Waals surface area contributed by atoms with Gasteiger partial charge in [0.2, 0.25) is 0 Å². The van der Waals surface area contributed by atoms with Gasteiger partial charge < -0.3 is 4.74 Å². The fraction of sp³-hybridized carbons (Fsp3) is 0.429. The van der Waals surface area contributed by atoms with Gasteiger partial charge in [-0.2, -0.15) is 0 Å². The Labute approximate surface area is 130 Å². The second kappa shape index (κ2) is 17.7. The Kier molecular flexibility index (Phi) is 24.0. The molecule has 20 heavy (non-hydrogen) atoms. The van der Waals surface area contributed by atoms with Gasteiger partial charge in [-0.3, -0.25) is 4.79 Å². The van der Waals surface area contributed by atoms with Gasteiger partial charge in [-0.05, 0) is 33.3 Å². The van der Waals surface area contributed by atoms with Crippen molar-refractivity contribution < 1.29 is 40.6 Å². The predicted molar refractivity (Wildman–Crippen MR) is 63.8 cm³/mol. The largest absolute Gasteiger partial charge is 0 e. The van der Waals surface area contributed by atoms with Crippen LogP contribution in [0, 0.1) is 25.4 Å². The summed E-state index contributed by atoms with van der Waals surface area (Å²) in [6.07, 6.45) is 7.64. The van der Waals surface area contributed by atoms with Gasteiger partial charge in [0.15, 0.2) is 0 Å². The molecule has 5 nitrogen and oxygen atoms in total. The third-order valence-corrected chi connectivity index (χ3v) is 1.81. The van der Waals surface area contributed by atoms with Crippen LogP contribution in [0.4, 0.5) is 0 Å². The summed E-state index contributed by atoms with van der Waals surface area (Å²) >= 11 is 0. The van der Waals surface area contributed by atoms with Gasteiger partial charge in [-0.25, -0.2) is 0 Å². The fourth-order valence-corrected chi connectivity index (χ4v) is 0.938. The average Bonchev–Trinajstić information content (AvgIpc) is 2.45. The van der Waals surface area contributed by atoms with Crippen LogP contribution in [0.15, 0.2) is 24.0 Å². The van der Waals surface area contributed by atoms with Crippen LogP contribution < -0.4 is 0 Å². The van der Waals surface area contributed by atoms with Crippen LogP contribution in [-0.2, 0) is 40.6 Å². The third-order valence-electron chi connectivity index (χ3n) is 1.81. The molecule has 0 saturated heterocycles. The number of rotatable bonds is 1. The summed E-state index contributed by atoms with van der Waals surface area (Å²) < 4.78 is 27.7. The number of allylic oxidation sites excluding steroid dienone is 4. The van der Waals surface area contributed by atoms with Crippen molar-refractivity contribution in [3.63, 3.8) is 0 Å². The summed E-state index contributed by atoms with van der Waals surface area (Å²) in [6.45, 7) is 19.1. The van der Waals surface area contributed by atoms with Crippen LogP contribution >= 0.6 is 0 Å². The molecule has 0 fully saturated rings. The summed E-state index contributed by atoms with van der Waals surface area (Å²) in [5.74, 6) is 0.622. The zero-order valence-corrected chi connectivity index (χ0v) is 12.6. The van der Waals surface area contributed by atoms with Gasteiger partial charge in [0, 0.05) is 23.5 Å². The maximum Gasteiger partial charge on any atom is 0 e. The van der Waals surface area contributed by atoms with Crippen molar-refractivity contribution in [3.05, 3.63) is 43.9 Å². The van der Waals surface area contributed by atoms with Gasteiger partial charge in [0.1, 0.15) is 5.76 Å². The first kappa shape index (κ1) is 27.1. The van der Waals surface area contributed by atoms with Gasteiger partial charge in [0.05, 0.1) is 5.41 Å². The van der Waals surface area contributed by atoms with Crippen LogP contribution in [-0.4, -0.2) is 5.97 Å². The minimum Gasteiger partial charge on any atom is 0 e. The Hall–Kier alpha value is -1.31. The van der Waals surface area contributed by atoms with Crippen molar-refractivity contribution in [1.29, 1.82) is 0 Å². The van der Waals surface area contributed by atoms with E-state index >= 15 is 0 Å².